The molecular weight excluding hydrogens is 232 g/mol. The van der Waals surface area contributed by atoms with E-state index in [2.05, 4.69) is 9.72 Å². The molecule has 0 aliphatic carbocycles. The summed E-state index contributed by atoms with van der Waals surface area (Å²) in [5, 5.41) is 0. The highest BCUT2D eigenvalue weighted by atomic mass is 16.5. The Labute approximate surface area is 107 Å². The summed E-state index contributed by atoms with van der Waals surface area (Å²) in [6.45, 7) is 3.86. The van der Waals surface area contributed by atoms with E-state index in [9.17, 15) is 9.59 Å². The van der Waals surface area contributed by atoms with E-state index in [0.717, 1.165) is 5.56 Å². The second-order valence-electron chi connectivity index (χ2n) is 4.28. The van der Waals surface area contributed by atoms with Gasteiger partial charge in [-0.15, -0.1) is 0 Å². The maximum absolute atomic E-state index is 12.1. The van der Waals surface area contributed by atoms with Crippen LogP contribution in [0.25, 0.3) is 0 Å². The third-order valence-corrected chi connectivity index (χ3v) is 2.71. The highest BCUT2D eigenvalue weighted by Crippen LogP contribution is 2.08. The minimum atomic E-state index is -0.354. The molecule has 98 valence electrons. The summed E-state index contributed by atoms with van der Waals surface area (Å²) in [6, 6.07) is 3.61. The molecule has 1 aromatic rings. The van der Waals surface area contributed by atoms with Crippen LogP contribution in [0.15, 0.2) is 18.3 Å². The van der Waals surface area contributed by atoms with E-state index in [0.29, 0.717) is 12.2 Å². The number of ether oxygens (including phenoxy) is 1. The normalized spacial score (nSPS) is 11.8. The number of aromatic nitrogens is 1. The molecule has 0 saturated carbocycles. The standard InChI is InChI=1S/C13H18N2O3/c1-9-6-5-7-14-11(9)12(16)15(3)8-10(2)13(17)18-4/h5-7,10H,8H2,1-4H3. The topological polar surface area (TPSA) is 59.5 Å². The van der Waals surface area contributed by atoms with Crippen LogP contribution in [-0.2, 0) is 9.53 Å². The zero-order valence-corrected chi connectivity index (χ0v) is 11.1. The molecular formula is C13H18N2O3. The lowest BCUT2D eigenvalue weighted by atomic mass is 10.1. The Balaban J connectivity index is 2.74. The molecule has 0 saturated heterocycles. The van der Waals surface area contributed by atoms with Crippen molar-refractivity contribution in [3.05, 3.63) is 29.6 Å². The van der Waals surface area contributed by atoms with Crippen LogP contribution in [0.2, 0.25) is 0 Å². The van der Waals surface area contributed by atoms with Gasteiger partial charge in [0.25, 0.3) is 5.91 Å². The summed E-state index contributed by atoms with van der Waals surface area (Å²) in [4.78, 5) is 29.0. The van der Waals surface area contributed by atoms with Crippen LogP contribution in [0.4, 0.5) is 0 Å². The molecule has 1 aromatic heterocycles. The van der Waals surface area contributed by atoms with Crippen molar-refractivity contribution in [2.75, 3.05) is 20.7 Å². The molecule has 0 aliphatic rings. The van der Waals surface area contributed by atoms with Gasteiger partial charge in [0.05, 0.1) is 13.0 Å². The molecule has 0 radical (unpaired) electrons. The van der Waals surface area contributed by atoms with Crippen molar-refractivity contribution in [1.29, 1.82) is 0 Å². The van der Waals surface area contributed by atoms with Crippen molar-refractivity contribution in [3.63, 3.8) is 0 Å². The number of nitrogens with zero attached hydrogens (tertiary/aromatic N) is 2. The smallest absolute Gasteiger partial charge is 0.310 e. The molecule has 18 heavy (non-hydrogen) atoms. The van der Waals surface area contributed by atoms with Gasteiger partial charge in [-0.3, -0.25) is 14.6 Å². The molecule has 0 bridgehead atoms. The number of carbonyl (C=O) groups is 2. The lowest BCUT2D eigenvalue weighted by molar-refractivity contribution is -0.145. The van der Waals surface area contributed by atoms with Crippen LogP contribution >= 0.6 is 0 Å². The maximum atomic E-state index is 12.1. The van der Waals surface area contributed by atoms with Crippen LogP contribution in [0.3, 0.4) is 0 Å². The van der Waals surface area contributed by atoms with Crippen molar-refractivity contribution in [3.8, 4) is 0 Å². The highest BCUT2D eigenvalue weighted by molar-refractivity contribution is 5.93. The fraction of sp³-hybridized carbons (Fsp3) is 0.462. The van der Waals surface area contributed by atoms with E-state index in [4.69, 9.17) is 0 Å². The van der Waals surface area contributed by atoms with Crippen LogP contribution in [0.1, 0.15) is 23.0 Å². The largest absolute Gasteiger partial charge is 0.469 e. The zero-order chi connectivity index (χ0) is 13.7. The lowest BCUT2D eigenvalue weighted by Gasteiger charge is -2.20. The average Bonchev–Trinajstić information content (AvgIpc) is 2.37. The van der Waals surface area contributed by atoms with E-state index in [1.165, 1.54) is 12.0 Å². The van der Waals surface area contributed by atoms with Crippen molar-refractivity contribution in [2.24, 2.45) is 5.92 Å². The fourth-order valence-corrected chi connectivity index (χ4v) is 1.66. The molecule has 0 N–H and O–H groups in total. The van der Waals surface area contributed by atoms with Crippen molar-refractivity contribution in [1.82, 2.24) is 9.88 Å². The number of rotatable bonds is 4. The summed E-state index contributed by atoms with van der Waals surface area (Å²) in [6.07, 6.45) is 1.58. The van der Waals surface area contributed by atoms with Gasteiger partial charge in [-0.25, -0.2) is 0 Å². The SMILES string of the molecule is COC(=O)C(C)CN(C)C(=O)c1ncccc1C. The summed E-state index contributed by atoms with van der Waals surface area (Å²) in [5.41, 5.74) is 1.23. The molecule has 0 aromatic carbocycles. The molecule has 0 fully saturated rings. The Morgan fingerprint density at radius 2 is 2.17 bits per heavy atom. The Morgan fingerprint density at radius 3 is 2.72 bits per heavy atom. The van der Waals surface area contributed by atoms with E-state index in [-0.39, 0.29) is 17.8 Å². The van der Waals surface area contributed by atoms with Gasteiger partial charge >= 0.3 is 5.97 Å². The van der Waals surface area contributed by atoms with E-state index in [1.54, 1.807) is 26.2 Å². The molecule has 0 aliphatic heterocycles. The summed E-state index contributed by atoms with van der Waals surface area (Å²) in [5.74, 6) is -0.871. The van der Waals surface area contributed by atoms with Crippen molar-refractivity contribution < 1.29 is 14.3 Å². The number of carbonyl (C=O) groups excluding carboxylic acids is 2. The van der Waals surface area contributed by atoms with Gasteiger partial charge < -0.3 is 9.64 Å². The van der Waals surface area contributed by atoms with Crippen LogP contribution in [-0.4, -0.2) is 42.5 Å². The number of esters is 1. The first-order valence-electron chi connectivity index (χ1n) is 5.72. The molecule has 0 spiro atoms. The third-order valence-electron chi connectivity index (χ3n) is 2.71. The number of hydrogen-bond donors (Lipinski definition) is 0. The van der Waals surface area contributed by atoms with Gasteiger partial charge in [-0.05, 0) is 18.6 Å². The monoisotopic (exact) mass is 250 g/mol. The fourth-order valence-electron chi connectivity index (χ4n) is 1.66. The first-order chi connectivity index (χ1) is 8.47. The minimum absolute atomic E-state index is 0.191. The van der Waals surface area contributed by atoms with Crippen LogP contribution in [0.5, 0.6) is 0 Å². The molecule has 1 atom stereocenters. The van der Waals surface area contributed by atoms with E-state index < -0.39 is 0 Å². The first-order valence-corrected chi connectivity index (χ1v) is 5.72. The lowest BCUT2D eigenvalue weighted by Crippen LogP contribution is -2.34. The average molecular weight is 250 g/mol. The number of methoxy groups -OCH3 is 1. The number of pyridine rings is 1. The zero-order valence-electron chi connectivity index (χ0n) is 11.1. The van der Waals surface area contributed by atoms with E-state index in [1.807, 2.05) is 13.0 Å². The molecule has 1 rings (SSSR count). The van der Waals surface area contributed by atoms with Crippen LogP contribution in [0, 0.1) is 12.8 Å². The number of hydrogen-bond acceptors (Lipinski definition) is 4. The predicted octanol–water partition coefficient (Wildman–Crippen LogP) is 1.27. The van der Waals surface area contributed by atoms with Gasteiger partial charge in [-0.2, -0.15) is 0 Å². The summed E-state index contributed by atoms with van der Waals surface area (Å²) in [7, 11) is 2.99. The molecule has 1 heterocycles. The molecule has 5 heteroatoms. The van der Waals surface area contributed by atoms with Gasteiger partial charge in [-0.1, -0.05) is 13.0 Å². The number of amides is 1. The molecule has 1 unspecified atom stereocenters. The number of aryl methyl sites for hydroxylation is 1. The highest BCUT2D eigenvalue weighted by Gasteiger charge is 2.21. The first kappa shape index (κ1) is 14.2. The van der Waals surface area contributed by atoms with Crippen molar-refractivity contribution >= 4 is 11.9 Å². The predicted molar refractivity (Wildman–Crippen MR) is 67.1 cm³/mol. The van der Waals surface area contributed by atoms with Gasteiger partial charge in [0.1, 0.15) is 5.69 Å². The second-order valence-corrected chi connectivity index (χ2v) is 4.28. The Kier molecular flexibility index (Phi) is 4.83. The Hall–Kier alpha value is -1.91. The Bertz CT molecular complexity index is 446. The van der Waals surface area contributed by atoms with Crippen molar-refractivity contribution in [2.45, 2.75) is 13.8 Å². The van der Waals surface area contributed by atoms with Gasteiger partial charge in [0.15, 0.2) is 0 Å². The quantitative estimate of drug-likeness (QED) is 0.755. The van der Waals surface area contributed by atoms with Gasteiger partial charge in [0.2, 0.25) is 0 Å². The van der Waals surface area contributed by atoms with Crippen LogP contribution < -0.4 is 0 Å². The van der Waals surface area contributed by atoms with Gasteiger partial charge in [0, 0.05) is 19.8 Å². The molecule has 5 nitrogen and oxygen atoms in total. The Morgan fingerprint density at radius 1 is 1.50 bits per heavy atom. The van der Waals surface area contributed by atoms with E-state index >= 15 is 0 Å². The summed E-state index contributed by atoms with van der Waals surface area (Å²) >= 11 is 0. The second kappa shape index (κ2) is 6.14. The maximum Gasteiger partial charge on any atom is 0.310 e. The molecule has 1 amide bonds. The summed E-state index contributed by atoms with van der Waals surface area (Å²) < 4.78 is 4.63. The third kappa shape index (κ3) is 3.29. The minimum Gasteiger partial charge on any atom is -0.469 e.